The Bertz CT molecular complexity index is 236. The maximum absolute atomic E-state index is 11.4. The maximum Gasteiger partial charge on any atom is 0.322 e. The van der Waals surface area contributed by atoms with E-state index in [1.54, 1.807) is 6.92 Å². The lowest BCUT2D eigenvalue weighted by atomic mass is 9.71. The van der Waals surface area contributed by atoms with E-state index in [4.69, 9.17) is 10.5 Å². The van der Waals surface area contributed by atoms with Crippen LogP contribution in [0.15, 0.2) is 0 Å². The molecular weight excluding hydrogens is 190 g/mol. The van der Waals surface area contributed by atoms with Gasteiger partial charge < -0.3 is 10.5 Å². The van der Waals surface area contributed by atoms with E-state index in [-0.39, 0.29) is 17.5 Å². The van der Waals surface area contributed by atoms with Crippen LogP contribution in [0, 0.1) is 11.3 Å². The first kappa shape index (κ1) is 12.5. The largest absolute Gasteiger partial charge is 0.461 e. The number of carbonyl (C=O) groups is 1. The molecule has 0 aromatic heterocycles. The Morgan fingerprint density at radius 1 is 1.47 bits per heavy atom. The van der Waals surface area contributed by atoms with Gasteiger partial charge in [0.05, 0.1) is 0 Å². The first-order valence-electron chi connectivity index (χ1n) is 5.76. The lowest BCUT2D eigenvalue weighted by molar-refractivity contribution is -0.154. The van der Waals surface area contributed by atoms with E-state index in [9.17, 15) is 4.79 Å². The molecule has 0 radical (unpaired) electrons. The van der Waals surface area contributed by atoms with Crippen molar-refractivity contribution >= 4 is 5.97 Å². The van der Waals surface area contributed by atoms with E-state index >= 15 is 0 Å². The Hall–Kier alpha value is -0.570. The molecular formula is C12H23NO2. The first-order valence-corrected chi connectivity index (χ1v) is 5.76. The molecule has 0 spiro atoms. The summed E-state index contributed by atoms with van der Waals surface area (Å²) >= 11 is 0. The van der Waals surface area contributed by atoms with Gasteiger partial charge in [-0.2, -0.15) is 0 Å². The highest BCUT2D eigenvalue weighted by atomic mass is 16.5. The molecule has 1 aliphatic carbocycles. The van der Waals surface area contributed by atoms with Gasteiger partial charge >= 0.3 is 5.97 Å². The van der Waals surface area contributed by atoms with Crippen molar-refractivity contribution in [2.45, 2.75) is 59.1 Å². The molecule has 2 N–H and O–H groups in total. The molecule has 0 aromatic rings. The minimum absolute atomic E-state index is 0.0576. The molecule has 0 aliphatic heterocycles. The molecule has 1 saturated carbocycles. The summed E-state index contributed by atoms with van der Waals surface area (Å²) in [4.78, 5) is 11.4. The van der Waals surface area contributed by atoms with Gasteiger partial charge in [0.15, 0.2) is 0 Å². The summed E-state index contributed by atoms with van der Waals surface area (Å²) in [5.74, 6) is 0.351. The van der Waals surface area contributed by atoms with E-state index in [0.29, 0.717) is 5.92 Å². The minimum Gasteiger partial charge on any atom is -0.461 e. The second kappa shape index (κ2) is 4.52. The van der Waals surface area contributed by atoms with Crippen LogP contribution >= 0.6 is 0 Å². The van der Waals surface area contributed by atoms with Gasteiger partial charge in [-0.05, 0) is 37.5 Å². The molecule has 3 unspecified atom stereocenters. The topological polar surface area (TPSA) is 52.3 Å². The maximum atomic E-state index is 11.4. The summed E-state index contributed by atoms with van der Waals surface area (Å²) < 4.78 is 5.39. The van der Waals surface area contributed by atoms with Crippen LogP contribution < -0.4 is 5.73 Å². The van der Waals surface area contributed by atoms with Gasteiger partial charge in [0.25, 0.3) is 0 Å². The van der Waals surface area contributed by atoms with Crippen LogP contribution in [0.2, 0.25) is 0 Å². The highest BCUT2D eigenvalue weighted by molar-refractivity contribution is 5.75. The monoisotopic (exact) mass is 213 g/mol. The molecule has 1 rings (SSSR count). The summed E-state index contributed by atoms with van der Waals surface area (Å²) in [7, 11) is 0. The molecule has 3 nitrogen and oxygen atoms in total. The summed E-state index contributed by atoms with van der Waals surface area (Å²) in [6, 6.07) is -0.509. The number of rotatable bonds is 2. The Morgan fingerprint density at radius 3 is 2.53 bits per heavy atom. The first-order chi connectivity index (χ1) is 6.80. The molecule has 15 heavy (non-hydrogen) atoms. The van der Waals surface area contributed by atoms with Gasteiger partial charge in [0, 0.05) is 0 Å². The predicted octanol–water partition coefficient (Wildman–Crippen LogP) is 2.09. The summed E-state index contributed by atoms with van der Waals surface area (Å²) in [6.07, 6.45) is 3.19. The highest BCUT2D eigenvalue weighted by Gasteiger charge is 2.34. The third-order valence-electron chi connectivity index (χ3n) is 3.00. The fourth-order valence-corrected chi connectivity index (χ4v) is 2.62. The van der Waals surface area contributed by atoms with Crippen molar-refractivity contribution in [1.29, 1.82) is 0 Å². The van der Waals surface area contributed by atoms with Crippen molar-refractivity contribution in [1.82, 2.24) is 0 Å². The zero-order valence-corrected chi connectivity index (χ0v) is 10.2. The molecule has 1 aliphatic rings. The van der Waals surface area contributed by atoms with Gasteiger partial charge in [-0.25, -0.2) is 0 Å². The number of esters is 1. The zero-order valence-electron chi connectivity index (χ0n) is 10.2. The fraction of sp³-hybridized carbons (Fsp3) is 0.917. The summed E-state index contributed by atoms with van der Waals surface area (Å²) in [5.41, 5.74) is 5.76. The van der Waals surface area contributed by atoms with Gasteiger partial charge in [0.2, 0.25) is 0 Å². The molecule has 3 atom stereocenters. The van der Waals surface area contributed by atoms with E-state index < -0.39 is 6.04 Å². The normalized spacial score (nSPS) is 32.1. The minimum atomic E-state index is -0.509. The number of carbonyl (C=O) groups excluding carboxylic acids is 1. The predicted molar refractivity (Wildman–Crippen MR) is 60.3 cm³/mol. The average Bonchev–Trinajstić information content (AvgIpc) is 1.99. The van der Waals surface area contributed by atoms with Gasteiger partial charge in [-0.15, -0.1) is 0 Å². The average molecular weight is 213 g/mol. The Balaban J connectivity index is 2.52. The Morgan fingerprint density at radius 2 is 2.07 bits per heavy atom. The molecule has 0 aromatic carbocycles. The van der Waals surface area contributed by atoms with Crippen LogP contribution in [0.1, 0.15) is 47.0 Å². The quantitative estimate of drug-likeness (QED) is 0.715. The van der Waals surface area contributed by atoms with E-state index in [1.807, 2.05) is 0 Å². The van der Waals surface area contributed by atoms with Crippen molar-refractivity contribution in [2.24, 2.45) is 17.1 Å². The fourth-order valence-electron chi connectivity index (χ4n) is 2.62. The number of nitrogens with two attached hydrogens (primary N) is 1. The van der Waals surface area contributed by atoms with Crippen LogP contribution in [0.4, 0.5) is 0 Å². The zero-order chi connectivity index (χ0) is 11.6. The van der Waals surface area contributed by atoms with Crippen LogP contribution in [0.3, 0.4) is 0 Å². The molecule has 0 heterocycles. The SMILES string of the molecule is CC1CC(OC(=O)C(C)N)CC(C)(C)C1. The third-order valence-corrected chi connectivity index (χ3v) is 3.00. The van der Waals surface area contributed by atoms with Crippen molar-refractivity contribution in [3.8, 4) is 0 Å². The van der Waals surface area contributed by atoms with Crippen molar-refractivity contribution in [3.63, 3.8) is 0 Å². The van der Waals surface area contributed by atoms with Crippen LogP contribution in [-0.4, -0.2) is 18.1 Å². The van der Waals surface area contributed by atoms with Gasteiger partial charge in [-0.1, -0.05) is 20.8 Å². The van der Waals surface area contributed by atoms with Gasteiger partial charge in [0.1, 0.15) is 12.1 Å². The molecule has 1 fully saturated rings. The van der Waals surface area contributed by atoms with Crippen molar-refractivity contribution in [2.75, 3.05) is 0 Å². The van der Waals surface area contributed by atoms with Crippen LogP contribution in [0.5, 0.6) is 0 Å². The number of ether oxygens (including phenoxy) is 1. The molecule has 0 bridgehead atoms. The second-order valence-corrected chi connectivity index (χ2v) is 5.76. The second-order valence-electron chi connectivity index (χ2n) is 5.76. The van der Waals surface area contributed by atoms with Crippen LogP contribution in [0.25, 0.3) is 0 Å². The van der Waals surface area contributed by atoms with Crippen molar-refractivity contribution < 1.29 is 9.53 Å². The lowest BCUT2D eigenvalue weighted by Crippen LogP contribution is -2.38. The van der Waals surface area contributed by atoms with Crippen LogP contribution in [-0.2, 0) is 9.53 Å². The van der Waals surface area contributed by atoms with E-state index in [0.717, 1.165) is 12.8 Å². The Kier molecular flexibility index (Phi) is 3.77. The number of hydrogen-bond donors (Lipinski definition) is 1. The molecule has 88 valence electrons. The van der Waals surface area contributed by atoms with Crippen molar-refractivity contribution in [3.05, 3.63) is 0 Å². The van der Waals surface area contributed by atoms with E-state index in [1.165, 1.54) is 6.42 Å². The molecule has 0 amide bonds. The Labute approximate surface area is 92.4 Å². The lowest BCUT2D eigenvalue weighted by Gasteiger charge is -2.38. The molecule has 3 heteroatoms. The summed E-state index contributed by atoms with van der Waals surface area (Å²) in [6.45, 7) is 8.35. The molecule has 0 saturated heterocycles. The standard InChI is InChI=1S/C12H23NO2/c1-8-5-10(7-12(3,4)6-8)15-11(14)9(2)13/h8-10H,5-7,13H2,1-4H3. The van der Waals surface area contributed by atoms with Gasteiger partial charge in [-0.3, -0.25) is 4.79 Å². The smallest absolute Gasteiger partial charge is 0.322 e. The highest BCUT2D eigenvalue weighted by Crippen LogP contribution is 2.39. The summed E-state index contributed by atoms with van der Waals surface area (Å²) in [5, 5.41) is 0. The van der Waals surface area contributed by atoms with E-state index in [2.05, 4.69) is 20.8 Å². The third kappa shape index (κ3) is 3.82. The number of hydrogen-bond acceptors (Lipinski definition) is 3.